The minimum Gasteiger partial charge on any atom is -0.396 e. The number of rotatable bonds is 8. The summed E-state index contributed by atoms with van der Waals surface area (Å²) in [6.07, 6.45) is 1.35. The van der Waals surface area contributed by atoms with Gasteiger partial charge in [0.15, 0.2) is 0 Å². The molecule has 0 spiro atoms. The number of hydrogen-bond acceptors (Lipinski definition) is 4. The fourth-order valence-electron chi connectivity index (χ4n) is 3.89. The third-order valence-corrected chi connectivity index (χ3v) is 7.41. The first kappa shape index (κ1) is 28.5. The van der Waals surface area contributed by atoms with Crippen molar-refractivity contribution in [3.05, 3.63) is 92.2 Å². The van der Waals surface area contributed by atoms with E-state index in [9.17, 15) is 14.0 Å². The van der Waals surface area contributed by atoms with Gasteiger partial charge < -0.3 is 15.5 Å². The average Bonchev–Trinajstić information content (AvgIpc) is 3.43. The third-order valence-electron chi connectivity index (χ3n) is 5.71. The summed E-state index contributed by atoms with van der Waals surface area (Å²) in [6.45, 7) is 2.15. The normalized spacial score (nSPS) is 17.8. The topological polar surface area (TPSA) is 79.8 Å². The number of nitrogens with one attached hydrogen (secondary N) is 2. The predicted octanol–water partition coefficient (Wildman–Crippen LogP) is 7.93. The van der Waals surface area contributed by atoms with E-state index in [1.165, 1.54) is 36.5 Å². The van der Waals surface area contributed by atoms with Crippen LogP contribution in [0.4, 0.5) is 15.8 Å². The van der Waals surface area contributed by atoms with Crippen molar-refractivity contribution < 1.29 is 18.8 Å². The van der Waals surface area contributed by atoms with Gasteiger partial charge in [-0.05, 0) is 66.6 Å². The van der Waals surface area contributed by atoms with E-state index in [1.54, 1.807) is 31.2 Å². The number of halogens is 6. The Kier molecular flexibility index (Phi) is 8.75. The van der Waals surface area contributed by atoms with E-state index >= 15 is 0 Å². The van der Waals surface area contributed by atoms with Crippen molar-refractivity contribution >= 4 is 87.4 Å². The highest BCUT2D eigenvalue weighted by Crippen LogP contribution is 2.65. The van der Waals surface area contributed by atoms with E-state index in [2.05, 4.69) is 15.8 Å². The van der Waals surface area contributed by atoms with Crippen LogP contribution in [0.3, 0.4) is 0 Å². The number of anilines is 2. The molecule has 1 saturated carbocycles. The van der Waals surface area contributed by atoms with Gasteiger partial charge in [-0.1, -0.05) is 46.0 Å². The summed E-state index contributed by atoms with van der Waals surface area (Å²) in [5, 5.41) is 9.74. The zero-order valence-corrected chi connectivity index (χ0v) is 23.4. The van der Waals surface area contributed by atoms with Crippen molar-refractivity contribution in [2.75, 3.05) is 17.2 Å². The van der Waals surface area contributed by atoms with Gasteiger partial charge in [0.25, 0.3) is 5.91 Å². The largest absolute Gasteiger partial charge is 0.396 e. The molecule has 0 bridgehead atoms. The molecular weight excluding hydrogens is 599 g/mol. The lowest BCUT2D eigenvalue weighted by atomic mass is 10.1. The van der Waals surface area contributed by atoms with Crippen LogP contribution in [0.15, 0.2) is 59.8 Å². The van der Waals surface area contributed by atoms with E-state index in [0.29, 0.717) is 27.8 Å². The minimum absolute atomic E-state index is 0.0165. The summed E-state index contributed by atoms with van der Waals surface area (Å²) in [4.78, 5) is 30.8. The lowest BCUT2D eigenvalue weighted by Gasteiger charge is -2.11. The number of alkyl halides is 2. The van der Waals surface area contributed by atoms with Crippen LogP contribution in [0.25, 0.3) is 0 Å². The highest BCUT2D eigenvalue weighted by Gasteiger charge is 2.67. The van der Waals surface area contributed by atoms with Crippen molar-refractivity contribution in [2.45, 2.75) is 17.2 Å². The van der Waals surface area contributed by atoms with E-state index in [1.807, 2.05) is 0 Å². The Hall–Kier alpha value is -2.55. The first-order valence-electron chi connectivity index (χ1n) is 11.2. The van der Waals surface area contributed by atoms with Gasteiger partial charge in [0.05, 0.1) is 28.4 Å². The Balaban J connectivity index is 1.47. The van der Waals surface area contributed by atoms with Crippen LogP contribution >= 0.6 is 58.0 Å². The summed E-state index contributed by atoms with van der Waals surface area (Å²) in [5.74, 6) is -3.17. The summed E-state index contributed by atoms with van der Waals surface area (Å²) in [7, 11) is 0. The van der Waals surface area contributed by atoms with Crippen molar-refractivity contribution in [2.24, 2.45) is 11.1 Å². The van der Waals surface area contributed by atoms with Crippen molar-refractivity contribution in [3.63, 3.8) is 0 Å². The Bertz CT molecular complexity index is 1410. The fraction of sp³-hybridized carbons (Fsp3) is 0.192. The van der Waals surface area contributed by atoms with Crippen LogP contribution in [0, 0.1) is 11.7 Å². The second kappa shape index (κ2) is 11.7. The number of hydrogen-bond donors (Lipinski definition) is 2. The van der Waals surface area contributed by atoms with E-state index < -0.39 is 33.8 Å². The average molecular weight is 618 g/mol. The molecule has 0 aromatic heterocycles. The Morgan fingerprint density at radius 1 is 1.03 bits per heavy atom. The van der Waals surface area contributed by atoms with Crippen molar-refractivity contribution in [3.8, 4) is 0 Å². The highest BCUT2D eigenvalue weighted by atomic mass is 35.5. The SMILES string of the molecule is CCO/N=C/c1ccc(NC(=O)c2cc(NC(=O)C3C(c4cc(Cl)cc(Cl)c4)C3(Cl)Cl)ccc2Cl)c(F)c1. The van der Waals surface area contributed by atoms with Gasteiger partial charge in [-0.15, -0.1) is 23.2 Å². The van der Waals surface area contributed by atoms with Crippen LogP contribution in [0.2, 0.25) is 15.1 Å². The number of nitrogens with zero attached hydrogens (tertiary/aromatic N) is 1. The highest BCUT2D eigenvalue weighted by molar-refractivity contribution is 6.53. The third kappa shape index (κ3) is 6.35. The molecule has 1 fully saturated rings. The zero-order valence-electron chi connectivity index (χ0n) is 19.6. The molecule has 0 aliphatic heterocycles. The molecular formula is C26H19Cl5FN3O3. The zero-order chi connectivity index (χ0) is 27.6. The number of amides is 2. The molecule has 2 amide bonds. The Labute approximate surface area is 243 Å². The molecule has 12 heteroatoms. The lowest BCUT2D eigenvalue weighted by molar-refractivity contribution is -0.117. The molecule has 2 unspecified atom stereocenters. The molecule has 3 aromatic carbocycles. The fourth-order valence-corrected chi connectivity index (χ4v) is 5.47. The number of carbonyl (C=O) groups is 2. The molecule has 198 valence electrons. The monoisotopic (exact) mass is 615 g/mol. The Morgan fingerprint density at radius 3 is 2.39 bits per heavy atom. The summed E-state index contributed by atoms with van der Waals surface area (Å²) < 4.78 is 13.2. The molecule has 0 heterocycles. The van der Waals surface area contributed by atoms with Crippen LogP contribution in [0.5, 0.6) is 0 Å². The standard InChI is InChI=1S/C26H19Cl5FN3O3/c1-2-38-33-12-13-3-6-21(20(32)7-13)35-24(36)18-11-17(4-5-19(18)29)34-25(37)23-22(26(23,30)31)14-8-15(27)10-16(28)9-14/h3-12,22-23H,2H2,1H3,(H,34,37)(H,35,36)/b33-12+. The molecule has 0 saturated heterocycles. The lowest BCUT2D eigenvalue weighted by Crippen LogP contribution is -2.18. The molecule has 1 aliphatic rings. The number of carbonyl (C=O) groups excluding carboxylic acids is 2. The molecule has 6 nitrogen and oxygen atoms in total. The van der Waals surface area contributed by atoms with Crippen LogP contribution < -0.4 is 10.6 Å². The van der Waals surface area contributed by atoms with Gasteiger partial charge in [0, 0.05) is 21.7 Å². The van der Waals surface area contributed by atoms with Gasteiger partial charge in [-0.3, -0.25) is 9.59 Å². The van der Waals surface area contributed by atoms with Crippen molar-refractivity contribution in [1.82, 2.24) is 0 Å². The maximum absolute atomic E-state index is 14.5. The summed E-state index contributed by atoms with van der Waals surface area (Å²) >= 11 is 31.2. The van der Waals surface area contributed by atoms with Gasteiger partial charge in [-0.2, -0.15) is 0 Å². The second-order valence-corrected chi connectivity index (χ2v) is 11.1. The molecule has 1 aliphatic carbocycles. The molecule has 4 rings (SSSR count). The second-order valence-electron chi connectivity index (χ2n) is 8.36. The first-order valence-corrected chi connectivity index (χ1v) is 13.1. The maximum Gasteiger partial charge on any atom is 0.257 e. The number of oxime groups is 1. The summed E-state index contributed by atoms with van der Waals surface area (Å²) in [5.41, 5.74) is 1.30. The molecule has 3 aromatic rings. The van der Waals surface area contributed by atoms with Gasteiger partial charge >= 0.3 is 0 Å². The maximum atomic E-state index is 14.5. The quantitative estimate of drug-likeness (QED) is 0.153. The molecule has 38 heavy (non-hydrogen) atoms. The van der Waals surface area contributed by atoms with E-state index in [0.717, 1.165) is 0 Å². The number of benzene rings is 3. The summed E-state index contributed by atoms with van der Waals surface area (Å²) in [6, 6.07) is 13.3. The molecule has 0 radical (unpaired) electrons. The molecule has 2 N–H and O–H groups in total. The smallest absolute Gasteiger partial charge is 0.257 e. The molecule has 2 atom stereocenters. The van der Waals surface area contributed by atoms with E-state index in [4.69, 9.17) is 62.8 Å². The minimum atomic E-state index is -1.37. The first-order chi connectivity index (χ1) is 18.0. The van der Waals surface area contributed by atoms with Gasteiger partial charge in [-0.25, -0.2) is 4.39 Å². The van der Waals surface area contributed by atoms with Crippen molar-refractivity contribution in [1.29, 1.82) is 0 Å². The van der Waals surface area contributed by atoms with Gasteiger partial charge in [0.1, 0.15) is 16.8 Å². The van der Waals surface area contributed by atoms with E-state index in [-0.39, 0.29) is 22.0 Å². The Morgan fingerprint density at radius 2 is 1.74 bits per heavy atom. The van der Waals surface area contributed by atoms with Gasteiger partial charge in [0.2, 0.25) is 5.91 Å². The van der Waals surface area contributed by atoms with Crippen LogP contribution in [-0.2, 0) is 9.63 Å². The predicted molar refractivity (Wildman–Crippen MR) is 151 cm³/mol. The van der Waals surface area contributed by atoms with Crippen LogP contribution in [-0.4, -0.2) is 29.0 Å². The van der Waals surface area contributed by atoms with Crippen LogP contribution in [0.1, 0.15) is 34.3 Å².